The molecule has 2 aliphatic heterocycles. The maximum Gasteiger partial charge on any atom is 0.232 e. The maximum atomic E-state index is 14.5. The van der Waals surface area contributed by atoms with Crippen molar-refractivity contribution in [3.05, 3.63) is 54.3 Å². The highest BCUT2D eigenvalue weighted by molar-refractivity contribution is 6.06. The molecular weight excluding hydrogens is 295 g/mol. The Bertz CT molecular complexity index is 769. The van der Waals surface area contributed by atoms with Gasteiger partial charge < -0.3 is 4.90 Å². The third-order valence-electron chi connectivity index (χ3n) is 4.64. The predicted octanol–water partition coefficient (Wildman–Crippen LogP) is 2.20. The number of hydrogen-bond acceptors (Lipinski definition) is 3. The first-order valence-electron chi connectivity index (χ1n) is 7.58. The molecule has 4 rings (SSSR count). The molecule has 0 saturated carbocycles. The molecule has 0 radical (unpaired) electrons. The number of nitrogens with zero attached hydrogens (tertiary/aromatic N) is 1. The number of hydrogen-bond donors (Lipinski definition) is 1. The fourth-order valence-corrected chi connectivity index (χ4v) is 3.41. The summed E-state index contributed by atoms with van der Waals surface area (Å²) in [6.45, 7) is 0.902. The van der Waals surface area contributed by atoms with Gasteiger partial charge in [0.25, 0.3) is 0 Å². The number of anilines is 1. The van der Waals surface area contributed by atoms with E-state index in [0.29, 0.717) is 24.3 Å². The number of fused-ring (bicyclic) bond motifs is 1. The Morgan fingerprint density at radius 1 is 0.957 bits per heavy atom. The fourth-order valence-electron chi connectivity index (χ4n) is 3.41. The number of carbonyl (C=O) groups is 2. The molecule has 2 aliphatic rings. The largest absolute Gasteiger partial charge is 0.370 e. The van der Waals surface area contributed by atoms with Gasteiger partial charge in [-0.25, -0.2) is 4.39 Å². The molecule has 116 valence electrons. The standard InChI is InChI=1S/C18H15FN2O2/c19-16-8-12(6-7-13(16)11-4-2-1-3-5-11)21-9-14-15(10-21)18(23)20-17(14)22/h1-8,14-15H,9-10H2,(H,20,22,23)/t14-,15+. The van der Waals surface area contributed by atoms with E-state index in [1.54, 1.807) is 6.07 Å². The number of benzene rings is 2. The normalized spacial score (nSPS) is 23.1. The van der Waals surface area contributed by atoms with Gasteiger partial charge in [-0.15, -0.1) is 0 Å². The van der Waals surface area contributed by atoms with Crippen LogP contribution in [0.3, 0.4) is 0 Å². The van der Waals surface area contributed by atoms with Crippen molar-refractivity contribution in [2.24, 2.45) is 11.8 Å². The molecule has 4 nitrogen and oxygen atoms in total. The Morgan fingerprint density at radius 2 is 1.61 bits per heavy atom. The quantitative estimate of drug-likeness (QED) is 0.865. The van der Waals surface area contributed by atoms with Crippen LogP contribution >= 0.6 is 0 Å². The van der Waals surface area contributed by atoms with E-state index < -0.39 is 0 Å². The SMILES string of the molecule is O=C1NC(=O)[C@@H]2CN(c3ccc(-c4ccccc4)c(F)c3)C[C@H]12. The van der Waals surface area contributed by atoms with Gasteiger partial charge >= 0.3 is 0 Å². The summed E-state index contributed by atoms with van der Waals surface area (Å²) in [4.78, 5) is 25.3. The van der Waals surface area contributed by atoms with Crippen LogP contribution in [0, 0.1) is 17.7 Å². The monoisotopic (exact) mass is 310 g/mol. The summed E-state index contributed by atoms with van der Waals surface area (Å²) < 4.78 is 14.5. The zero-order valence-electron chi connectivity index (χ0n) is 12.3. The van der Waals surface area contributed by atoms with E-state index in [1.807, 2.05) is 41.3 Å². The topological polar surface area (TPSA) is 49.4 Å². The minimum Gasteiger partial charge on any atom is -0.370 e. The van der Waals surface area contributed by atoms with E-state index in [9.17, 15) is 14.0 Å². The van der Waals surface area contributed by atoms with Gasteiger partial charge in [0.2, 0.25) is 11.8 Å². The molecule has 0 spiro atoms. The lowest BCUT2D eigenvalue weighted by atomic mass is 10.00. The minimum absolute atomic E-state index is 0.219. The Kier molecular flexibility index (Phi) is 3.15. The summed E-state index contributed by atoms with van der Waals surface area (Å²) in [6.07, 6.45) is 0. The highest BCUT2D eigenvalue weighted by atomic mass is 19.1. The van der Waals surface area contributed by atoms with Crippen molar-refractivity contribution in [1.29, 1.82) is 0 Å². The Morgan fingerprint density at radius 3 is 2.22 bits per heavy atom. The van der Waals surface area contributed by atoms with Crippen LogP contribution in [-0.4, -0.2) is 24.9 Å². The van der Waals surface area contributed by atoms with Crippen LogP contribution in [-0.2, 0) is 9.59 Å². The summed E-state index contributed by atoms with van der Waals surface area (Å²) in [5, 5.41) is 2.35. The summed E-state index contributed by atoms with van der Waals surface area (Å²) in [5.41, 5.74) is 2.07. The summed E-state index contributed by atoms with van der Waals surface area (Å²) in [7, 11) is 0. The molecule has 2 heterocycles. The second-order valence-electron chi connectivity index (χ2n) is 6.00. The third kappa shape index (κ3) is 2.29. The van der Waals surface area contributed by atoms with E-state index in [4.69, 9.17) is 0 Å². The molecular formula is C18H15FN2O2. The molecule has 0 bridgehead atoms. The fraction of sp³-hybridized carbons (Fsp3) is 0.222. The second kappa shape index (κ2) is 5.19. The maximum absolute atomic E-state index is 14.5. The van der Waals surface area contributed by atoms with E-state index in [1.165, 1.54) is 6.07 Å². The molecule has 1 N–H and O–H groups in total. The smallest absolute Gasteiger partial charge is 0.232 e. The first kappa shape index (κ1) is 13.9. The van der Waals surface area contributed by atoms with Gasteiger partial charge in [0, 0.05) is 24.3 Å². The van der Waals surface area contributed by atoms with Crippen molar-refractivity contribution < 1.29 is 14.0 Å². The molecule has 2 fully saturated rings. The van der Waals surface area contributed by atoms with Gasteiger partial charge in [0.05, 0.1) is 11.8 Å². The first-order valence-corrected chi connectivity index (χ1v) is 7.58. The van der Waals surface area contributed by atoms with Gasteiger partial charge in [-0.1, -0.05) is 30.3 Å². The molecule has 2 atom stereocenters. The Hall–Kier alpha value is -2.69. The molecule has 0 aliphatic carbocycles. The van der Waals surface area contributed by atoms with E-state index in [0.717, 1.165) is 5.56 Å². The van der Waals surface area contributed by atoms with Gasteiger partial charge in [-0.05, 0) is 23.8 Å². The van der Waals surface area contributed by atoms with Gasteiger partial charge in [-0.3, -0.25) is 14.9 Å². The predicted molar refractivity (Wildman–Crippen MR) is 84.2 cm³/mol. The van der Waals surface area contributed by atoms with Crippen LogP contribution in [0.1, 0.15) is 0 Å². The van der Waals surface area contributed by atoms with Crippen LogP contribution in [0.4, 0.5) is 10.1 Å². The number of amides is 2. The summed E-state index contributed by atoms with van der Waals surface area (Å²) in [5.74, 6) is -1.38. The van der Waals surface area contributed by atoms with Crippen molar-refractivity contribution >= 4 is 17.5 Å². The molecule has 2 aromatic rings. The Labute approximate surface area is 132 Å². The minimum atomic E-state index is -0.320. The van der Waals surface area contributed by atoms with Crippen molar-refractivity contribution in [1.82, 2.24) is 5.32 Å². The zero-order chi connectivity index (χ0) is 16.0. The van der Waals surface area contributed by atoms with Crippen molar-refractivity contribution in [3.8, 4) is 11.1 Å². The molecule has 2 aromatic carbocycles. The van der Waals surface area contributed by atoms with Crippen LogP contribution in [0.15, 0.2) is 48.5 Å². The van der Waals surface area contributed by atoms with Crippen LogP contribution < -0.4 is 10.2 Å². The van der Waals surface area contributed by atoms with Crippen LogP contribution in [0.2, 0.25) is 0 Å². The lowest BCUT2D eigenvalue weighted by molar-refractivity contribution is -0.126. The molecule has 5 heteroatoms. The van der Waals surface area contributed by atoms with Crippen molar-refractivity contribution in [2.75, 3.05) is 18.0 Å². The number of carbonyl (C=O) groups excluding carboxylic acids is 2. The number of rotatable bonds is 2. The molecule has 2 saturated heterocycles. The molecule has 23 heavy (non-hydrogen) atoms. The van der Waals surface area contributed by atoms with E-state index >= 15 is 0 Å². The highest BCUT2D eigenvalue weighted by Crippen LogP contribution is 2.34. The summed E-state index contributed by atoms with van der Waals surface area (Å²) in [6, 6.07) is 14.4. The average Bonchev–Trinajstić information content (AvgIpc) is 3.10. The van der Waals surface area contributed by atoms with Gasteiger partial charge in [-0.2, -0.15) is 0 Å². The van der Waals surface area contributed by atoms with Crippen LogP contribution in [0.25, 0.3) is 11.1 Å². The van der Waals surface area contributed by atoms with Gasteiger partial charge in [0.1, 0.15) is 5.82 Å². The number of nitrogens with one attached hydrogen (secondary N) is 1. The van der Waals surface area contributed by atoms with Crippen LogP contribution in [0.5, 0.6) is 0 Å². The second-order valence-corrected chi connectivity index (χ2v) is 6.00. The molecule has 0 aromatic heterocycles. The lowest BCUT2D eigenvalue weighted by Crippen LogP contribution is -2.31. The highest BCUT2D eigenvalue weighted by Gasteiger charge is 2.47. The van der Waals surface area contributed by atoms with Crippen molar-refractivity contribution in [2.45, 2.75) is 0 Å². The first-order chi connectivity index (χ1) is 11.1. The summed E-state index contributed by atoms with van der Waals surface area (Å²) >= 11 is 0. The van der Waals surface area contributed by atoms with Gasteiger partial charge in [0.15, 0.2) is 0 Å². The zero-order valence-corrected chi connectivity index (χ0v) is 12.3. The number of imide groups is 1. The van der Waals surface area contributed by atoms with E-state index in [2.05, 4.69) is 5.32 Å². The average molecular weight is 310 g/mol. The number of halogens is 1. The van der Waals surface area contributed by atoms with Crippen molar-refractivity contribution in [3.63, 3.8) is 0 Å². The Balaban J connectivity index is 1.61. The van der Waals surface area contributed by atoms with E-state index in [-0.39, 0.29) is 29.5 Å². The third-order valence-corrected chi connectivity index (χ3v) is 4.64. The lowest BCUT2D eigenvalue weighted by Gasteiger charge is -2.20. The molecule has 2 amide bonds. The molecule has 0 unspecified atom stereocenters.